The van der Waals surface area contributed by atoms with Crippen LogP contribution < -0.4 is 15.4 Å². The lowest BCUT2D eigenvalue weighted by Gasteiger charge is -2.22. The third kappa shape index (κ3) is 6.86. The molecule has 0 aromatic heterocycles. The first-order valence-electron chi connectivity index (χ1n) is 8.98. The van der Waals surface area contributed by atoms with Crippen LogP contribution in [0.4, 0.5) is 0 Å². The minimum Gasteiger partial charge on any atom is -0.491 e. The standard InChI is InChI=1S/C21H28N2O3/c1-16(2)21(25)23-20(17-9-5-3-6-10-17)14-22-13-18(24)15-26-19-11-7-4-8-12-19/h3-12,16,18,20,22,24H,13-15H2,1-2H3,(H,23,25). The Kier molecular flexibility index (Phi) is 8.12. The van der Waals surface area contributed by atoms with Gasteiger partial charge in [0.25, 0.3) is 0 Å². The highest BCUT2D eigenvalue weighted by molar-refractivity contribution is 5.78. The van der Waals surface area contributed by atoms with Gasteiger partial charge in [-0.3, -0.25) is 4.79 Å². The highest BCUT2D eigenvalue weighted by atomic mass is 16.5. The van der Waals surface area contributed by atoms with E-state index in [2.05, 4.69) is 10.6 Å². The summed E-state index contributed by atoms with van der Waals surface area (Å²) in [4.78, 5) is 12.1. The van der Waals surface area contributed by atoms with Crippen LogP contribution in [0, 0.1) is 5.92 Å². The van der Waals surface area contributed by atoms with Crippen molar-refractivity contribution >= 4 is 5.91 Å². The van der Waals surface area contributed by atoms with Gasteiger partial charge in [-0.05, 0) is 17.7 Å². The normalized spacial score (nSPS) is 13.2. The van der Waals surface area contributed by atoms with Crippen molar-refractivity contribution in [2.75, 3.05) is 19.7 Å². The molecule has 0 radical (unpaired) electrons. The summed E-state index contributed by atoms with van der Waals surface area (Å²) in [6.07, 6.45) is -0.632. The smallest absolute Gasteiger partial charge is 0.223 e. The predicted molar refractivity (Wildman–Crippen MR) is 103 cm³/mol. The van der Waals surface area contributed by atoms with Gasteiger partial charge < -0.3 is 20.5 Å². The van der Waals surface area contributed by atoms with E-state index in [4.69, 9.17) is 4.74 Å². The summed E-state index contributed by atoms with van der Waals surface area (Å²) in [5.74, 6) is 0.664. The van der Waals surface area contributed by atoms with Gasteiger partial charge in [-0.1, -0.05) is 62.4 Å². The third-order valence-corrected chi connectivity index (χ3v) is 3.96. The Morgan fingerprint density at radius 3 is 2.23 bits per heavy atom. The van der Waals surface area contributed by atoms with Gasteiger partial charge in [-0.15, -0.1) is 0 Å². The van der Waals surface area contributed by atoms with E-state index in [0.29, 0.717) is 13.1 Å². The van der Waals surface area contributed by atoms with Gasteiger partial charge in [-0.25, -0.2) is 0 Å². The number of carbonyl (C=O) groups is 1. The molecule has 0 heterocycles. The number of rotatable bonds is 10. The molecule has 0 spiro atoms. The number of carbonyl (C=O) groups excluding carboxylic acids is 1. The second-order valence-electron chi connectivity index (χ2n) is 6.56. The lowest BCUT2D eigenvalue weighted by Crippen LogP contribution is -2.40. The summed E-state index contributed by atoms with van der Waals surface area (Å²) in [5.41, 5.74) is 1.03. The summed E-state index contributed by atoms with van der Waals surface area (Å²) < 4.78 is 5.55. The van der Waals surface area contributed by atoms with E-state index in [1.54, 1.807) is 0 Å². The lowest BCUT2D eigenvalue weighted by atomic mass is 10.1. The van der Waals surface area contributed by atoms with Gasteiger partial charge in [0.05, 0.1) is 6.04 Å². The van der Waals surface area contributed by atoms with E-state index in [1.165, 1.54) is 0 Å². The summed E-state index contributed by atoms with van der Waals surface area (Å²) in [6, 6.07) is 19.1. The molecule has 2 aromatic carbocycles. The summed E-state index contributed by atoms with van der Waals surface area (Å²) in [6.45, 7) is 4.87. The van der Waals surface area contributed by atoms with Crippen LogP contribution in [0.15, 0.2) is 60.7 Å². The van der Waals surface area contributed by atoms with Crippen LogP contribution in [0.25, 0.3) is 0 Å². The van der Waals surface area contributed by atoms with E-state index in [9.17, 15) is 9.90 Å². The number of aliphatic hydroxyl groups is 1. The maximum Gasteiger partial charge on any atom is 0.223 e. The molecule has 0 aliphatic carbocycles. The molecular weight excluding hydrogens is 328 g/mol. The Morgan fingerprint density at radius 1 is 1.00 bits per heavy atom. The molecule has 2 rings (SSSR count). The second-order valence-corrected chi connectivity index (χ2v) is 6.56. The summed E-state index contributed by atoms with van der Waals surface area (Å²) in [7, 11) is 0. The lowest BCUT2D eigenvalue weighted by molar-refractivity contribution is -0.124. The number of aliphatic hydroxyl groups excluding tert-OH is 1. The molecule has 0 aliphatic rings. The minimum absolute atomic E-state index is 0.00797. The van der Waals surface area contributed by atoms with E-state index >= 15 is 0 Å². The monoisotopic (exact) mass is 356 g/mol. The van der Waals surface area contributed by atoms with Crippen LogP contribution in [0.2, 0.25) is 0 Å². The van der Waals surface area contributed by atoms with Crippen molar-refractivity contribution in [1.82, 2.24) is 10.6 Å². The molecule has 2 aromatic rings. The van der Waals surface area contributed by atoms with Crippen molar-refractivity contribution < 1.29 is 14.6 Å². The van der Waals surface area contributed by atoms with Crippen molar-refractivity contribution in [3.8, 4) is 5.75 Å². The summed E-state index contributed by atoms with van der Waals surface area (Å²) in [5, 5.41) is 16.4. The molecule has 5 nitrogen and oxygen atoms in total. The average molecular weight is 356 g/mol. The largest absolute Gasteiger partial charge is 0.491 e. The van der Waals surface area contributed by atoms with Crippen molar-refractivity contribution in [3.05, 3.63) is 66.2 Å². The Bertz CT molecular complexity index is 647. The Morgan fingerprint density at radius 2 is 1.62 bits per heavy atom. The Hall–Kier alpha value is -2.37. The highest BCUT2D eigenvalue weighted by Gasteiger charge is 2.17. The number of hydrogen-bond donors (Lipinski definition) is 3. The molecule has 26 heavy (non-hydrogen) atoms. The Balaban J connectivity index is 1.81. The molecule has 0 bridgehead atoms. The molecular formula is C21H28N2O3. The van der Waals surface area contributed by atoms with E-state index < -0.39 is 6.10 Å². The number of amides is 1. The van der Waals surface area contributed by atoms with E-state index in [1.807, 2.05) is 74.5 Å². The van der Waals surface area contributed by atoms with Gasteiger partial charge in [0.1, 0.15) is 18.5 Å². The average Bonchev–Trinajstić information content (AvgIpc) is 2.67. The molecule has 2 atom stereocenters. The Labute approximate surface area is 155 Å². The van der Waals surface area contributed by atoms with Crippen LogP contribution in [0.1, 0.15) is 25.5 Å². The van der Waals surface area contributed by atoms with Gasteiger partial charge in [0.15, 0.2) is 0 Å². The predicted octanol–water partition coefficient (Wildman–Crippen LogP) is 2.53. The zero-order valence-electron chi connectivity index (χ0n) is 15.4. The number of ether oxygens (including phenoxy) is 1. The maximum absolute atomic E-state index is 12.1. The zero-order valence-corrected chi connectivity index (χ0v) is 15.4. The zero-order chi connectivity index (χ0) is 18.8. The quantitative estimate of drug-likeness (QED) is 0.612. The van der Waals surface area contributed by atoms with Gasteiger partial charge in [-0.2, -0.15) is 0 Å². The fraction of sp³-hybridized carbons (Fsp3) is 0.381. The molecule has 3 N–H and O–H groups in total. The van der Waals surface area contributed by atoms with Crippen molar-refractivity contribution in [2.45, 2.75) is 26.0 Å². The van der Waals surface area contributed by atoms with Crippen LogP contribution in [0.5, 0.6) is 5.75 Å². The van der Waals surface area contributed by atoms with Crippen LogP contribution in [-0.2, 0) is 4.79 Å². The molecule has 0 saturated heterocycles. The molecule has 0 aliphatic heterocycles. The van der Waals surface area contributed by atoms with Crippen molar-refractivity contribution in [2.24, 2.45) is 5.92 Å². The third-order valence-electron chi connectivity index (χ3n) is 3.96. The second kappa shape index (κ2) is 10.6. The number of benzene rings is 2. The fourth-order valence-corrected chi connectivity index (χ4v) is 2.44. The molecule has 0 saturated carbocycles. The van der Waals surface area contributed by atoms with Gasteiger partial charge >= 0.3 is 0 Å². The first-order valence-corrected chi connectivity index (χ1v) is 8.98. The number of para-hydroxylation sites is 1. The minimum atomic E-state index is -0.632. The fourth-order valence-electron chi connectivity index (χ4n) is 2.44. The number of nitrogens with one attached hydrogen (secondary N) is 2. The molecule has 1 amide bonds. The molecule has 5 heteroatoms. The van der Waals surface area contributed by atoms with E-state index in [0.717, 1.165) is 11.3 Å². The topological polar surface area (TPSA) is 70.6 Å². The highest BCUT2D eigenvalue weighted by Crippen LogP contribution is 2.13. The SMILES string of the molecule is CC(C)C(=O)NC(CNCC(O)COc1ccccc1)c1ccccc1. The van der Waals surface area contributed by atoms with Gasteiger partial charge in [0, 0.05) is 19.0 Å². The van der Waals surface area contributed by atoms with Crippen LogP contribution in [0.3, 0.4) is 0 Å². The molecule has 140 valence electrons. The summed E-state index contributed by atoms with van der Waals surface area (Å²) >= 11 is 0. The van der Waals surface area contributed by atoms with Crippen LogP contribution >= 0.6 is 0 Å². The molecule has 2 unspecified atom stereocenters. The first kappa shape index (κ1) is 19.9. The van der Waals surface area contributed by atoms with Crippen LogP contribution in [-0.4, -0.2) is 36.8 Å². The van der Waals surface area contributed by atoms with Gasteiger partial charge in [0.2, 0.25) is 5.91 Å². The van der Waals surface area contributed by atoms with Crippen molar-refractivity contribution in [3.63, 3.8) is 0 Å². The molecule has 0 fully saturated rings. The van der Waals surface area contributed by atoms with Crippen molar-refractivity contribution in [1.29, 1.82) is 0 Å². The maximum atomic E-state index is 12.1. The van der Waals surface area contributed by atoms with E-state index in [-0.39, 0.29) is 24.5 Å². The first-order chi connectivity index (χ1) is 12.6. The number of hydrogen-bond acceptors (Lipinski definition) is 4.